The second kappa shape index (κ2) is 5.44. The molecule has 1 aromatic heterocycles. The van der Waals surface area contributed by atoms with Gasteiger partial charge in [0.15, 0.2) is 6.23 Å². The van der Waals surface area contributed by atoms with Crippen LogP contribution < -0.4 is 11.2 Å². The van der Waals surface area contributed by atoms with Crippen LogP contribution in [0.5, 0.6) is 0 Å². The van der Waals surface area contributed by atoms with Gasteiger partial charge in [0.05, 0.1) is 18.9 Å². The van der Waals surface area contributed by atoms with Crippen molar-refractivity contribution in [1.82, 2.24) is 9.55 Å². The van der Waals surface area contributed by atoms with Gasteiger partial charge in [0.25, 0.3) is 5.56 Å². The average Bonchev–Trinajstić information content (AvgIpc) is 2.41. The molecule has 4 N–H and O–H groups in total. The number of halogens is 1. The number of ether oxygens (including phenoxy) is 1. The van der Waals surface area contributed by atoms with E-state index in [1.54, 1.807) is 4.98 Å². The number of aromatic nitrogens is 2. The first-order valence-electron chi connectivity index (χ1n) is 6.00. The van der Waals surface area contributed by atoms with Gasteiger partial charge in [0, 0.05) is 5.92 Å². The molecule has 20 heavy (non-hydrogen) atoms. The highest BCUT2D eigenvalue weighted by Crippen LogP contribution is 2.31. The minimum atomic E-state index is -1.32. The van der Waals surface area contributed by atoms with Crippen LogP contribution in [0.25, 0.3) is 0 Å². The van der Waals surface area contributed by atoms with E-state index in [1.807, 2.05) is 0 Å². The topological polar surface area (TPSA) is 125 Å². The van der Waals surface area contributed by atoms with E-state index in [1.165, 1.54) is 6.92 Å². The van der Waals surface area contributed by atoms with Crippen LogP contribution in [0.1, 0.15) is 13.2 Å². The third-order valence-electron chi connectivity index (χ3n) is 3.44. The van der Waals surface area contributed by atoms with E-state index < -0.39 is 54.1 Å². The van der Waals surface area contributed by atoms with E-state index in [9.17, 15) is 24.2 Å². The van der Waals surface area contributed by atoms with Gasteiger partial charge >= 0.3 is 5.69 Å². The third-order valence-corrected chi connectivity index (χ3v) is 3.44. The molecule has 0 spiro atoms. The quantitative estimate of drug-likeness (QED) is 0.495. The number of nitrogens with zero attached hydrogens (tertiary/aromatic N) is 1. The molecule has 0 aromatic carbocycles. The van der Waals surface area contributed by atoms with Crippen molar-refractivity contribution in [3.8, 4) is 0 Å². The summed E-state index contributed by atoms with van der Waals surface area (Å²) in [6.07, 6.45) is -4.16. The summed E-state index contributed by atoms with van der Waals surface area (Å²) in [6.45, 7) is 0.968. The van der Waals surface area contributed by atoms with Crippen LogP contribution in [0.4, 0.5) is 4.39 Å². The molecule has 2 rings (SSSR count). The monoisotopic (exact) mass is 290 g/mol. The molecule has 2 heterocycles. The first-order valence-corrected chi connectivity index (χ1v) is 6.00. The van der Waals surface area contributed by atoms with Gasteiger partial charge < -0.3 is 20.1 Å². The summed E-state index contributed by atoms with van der Waals surface area (Å²) >= 11 is 0. The van der Waals surface area contributed by atoms with Gasteiger partial charge in [-0.3, -0.25) is 14.3 Å². The van der Waals surface area contributed by atoms with Crippen molar-refractivity contribution in [2.24, 2.45) is 5.92 Å². The number of nitrogens with one attached hydrogen (secondary N) is 1. The summed E-state index contributed by atoms with van der Waals surface area (Å²) in [5, 5.41) is 28.9. The van der Waals surface area contributed by atoms with Gasteiger partial charge in [0.2, 0.25) is 5.82 Å². The Labute approximate surface area is 112 Å². The zero-order chi connectivity index (χ0) is 15.0. The molecule has 0 saturated carbocycles. The van der Waals surface area contributed by atoms with Crippen molar-refractivity contribution >= 4 is 0 Å². The maximum atomic E-state index is 13.3. The highest BCUT2D eigenvalue weighted by atomic mass is 19.1. The molecular formula is C11H15FN2O6. The number of H-pyrrole nitrogens is 1. The van der Waals surface area contributed by atoms with Gasteiger partial charge in [-0.05, 0) is 0 Å². The Morgan fingerprint density at radius 3 is 2.65 bits per heavy atom. The summed E-state index contributed by atoms with van der Waals surface area (Å²) in [7, 11) is 0. The first kappa shape index (κ1) is 14.9. The molecule has 1 aliphatic heterocycles. The Balaban J connectivity index is 2.44. The van der Waals surface area contributed by atoms with Crippen LogP contribution >= 0.6 is 0 Å². The standard InChI is InChI=1S/C11H15FN2O6/c1-4-7(16)6(3-15)20-10(8(4)17)14-2-5(12)9(18)13-11(14)19/h2,4,6-8,10,15-17H,3H2,1H3,(H,13,18,19)/t4-,6+,7-,8+,10+/m0/s1. The first-order chi connectivity index (χ1) is 9.36. The number of hydrogen-bond acceptors (Lipinski definition) is 6. The summed E-state index contributed by atoms with van der Waals surface area (Å²) < 4.78 is 19.2. The van der Waals surface area contributed by atoms with E-state index in [2.05, 4.69) is 0 Å². The Hall–Kier alpha value is -1.55. The lowest BCUT2D eigenvalue weighted by molar-refractivity contribution is -0.231. The minimum Gasteiger partial charge on any atom is -0.394 e. The van der Waals surface area contributed by atoms with Crippen molar-refractivity contribution in [3.63, 3.8) is 0 Å². The number of aliphatic hydroxyl groups is 3. The highest BCUT2D eigenvalue weighted by Gasteiger charge is 2.43. The van der Waals surface area contributed by atoms with Crippen LogP contribution in [0, 0.1) is 11.7 Å². The fourth-order valence-corrected chi connectivity index (χ4v) is 2.17. The molecule has 1 aromatic rings. The smallest absolute Gasteiger partial charge is 0.330 e. The Morgan fingerprint density at radius 2 is 2.05 bits per heavy atom. The number of rotatable bonds is 2. The molecule has 1 fully saturated rings. The summed E-state index contributed by atoms with van der Waals surface area (Å²) in [4.78, 5) is 24.4. The predicted octanol–water partition coefficient (Wildman–Crippen LogP) is -2.08. The van der Waals surface area contributed by atoms with Gasteiger partial charge in [0.1, 0.15) is 12.2 Å². The zero-order valence-electron chi connectivity index (χ0n) is 10.6. The van der Waals surface area contributed by atoms with Crippen LogP contribution in [0.15, 0.2) is 15.8 Å². The largest absolute Gasteiger partial charge is 0.394 e. The summed E-state index contributed by atoms with van der Waals surface area (Å²) in [5.41, 5.74) is -2.14. The molecule has 0 amide bonds. The van der Waals surface area contributed by atoms with Gasteiger partial charge in [-0.1, -0.05) is 6.92 Å². The highest BCUT2D eigenvalue weighted by molar-refractivity contribution is 4.94. The summed E-state index contributed by atoms with van der Waals surface area (Å²) in [6, 6.07) is 0. The van der Waals surface area contributed by atoms with Gasteiger partial charge in [-0.15, -0.1) is 0 Å². The third kappa shape index (κ3) is 2.40. The van der Waals surface area contributed by atoms with E-state index in [-0.39, 0.29) is 0 Å². The summed E-state index contributed by atoms with van der Waals surface area (Å²) in [5.74, 6) is -1.92. The lowest BCUT2D eigenvalue weighted by Gasteiger charge is -2.41. The second-order valence-electron chi connectivity index (χ2n) is 4.73. The number of aliphatic hydroxyl groups excluding tert-OH is 3. The van der Waals surface area contributed by atoms with Crippen LogP contribution in [0.3, 0.4) is 0 Å². The molecule has 9 heteroatoms. The maximum absolute atomic E-state index is 13.3. The van der Waals surface area contributed by atoms with Crippen molar-refractivity contribution < 1.29 is 24.4 Å². The maximum Gasteiger partial charge on any atom is 0.330 e. The second-order valence-corrected chi connectivity index (χ2v) is 4.73. The van der Waals surface area contributed by atoms with E-state index >= 15 is 0 Å². The molecule has 0 aliphatic carbocycles. The molecule has 0 unspecified atom stereocenters. The zero-order valence-corrected chi connectivity index (χ0v) is 10.6. The predicted molar refractivity (Wildman–Crippen MR) is 63.5 cm³/mol. The molecule has 1 saturated heterocycles. The SMILES string of the molecule is C[C@@H]1[C@@H](O)[C@H](n2cc(F)c(=O)[nH]c2=O)O[C@H](CO)[C@H]1O. The number of hydrogen-bond donors (Lipinski definition) is 4. The lowest BCUT2D eigenvalue weighted by Crippen LogP contribution is -2.54. The Bertz CT molecular complexity index is 597. The lowest BCUT2D eigenvalue weighted by atomic mass is 9.90. The van der Waals surface area contributed by atoms with E-state index in [0.29, 0.717) is 10.8 Å². The van der Waals surface area contributed by atoms with Gasteiger partial charge in [-0.2, -0.15) is 4.39 Å². The van der Waals surface area contributed by atoms with Crippen LogP contribution in [-0.2, 0) is 4.74 Å². The van der Waals surface area contributed by atoms with E-state index in [4.69, 9.17) is 9.84 Å². The van der Waals surface area contributed by atoms with Crippen molar-refractivity contribution in [2.75, 3.05) is 6.61 Å². The molecule has 5 atom stereocenters. The molecule has 1 aliphatic rings. The van der Waals surface area contributed by atoms with Crippen LogP contribution in [0.2, 0.25) is 0 Å². The molecule has 0 radical (unpaired) electrons. The fourth-order valence-electron chi connectivity index (χ4n) is 2.17. The van der Waals surface area contributed by atoms with Gasteiger partial charge in [-0.25, -0.2) is 4.79 Å². The van der Waals surface area contributed by atoms with Crippen molar-refractivity contribution in [2.45, 2.75) is 31.5 Å². The van der Waals surface area contributed by atoms with Crippen molar-refractivity contribution in [3.05, 3.63) is 32.9 Å². The Morgan fingerprint density at radius 1 is 1.40 bits per heavy atom. The van der Waals surface area contributed by atoms with E-state index in [0.717, 1.165) is 0 Å². The molecule has 0 bridgehead atoms. The average molecular weight is 290 g/mol. The van der Waals surface area contributed by atoms with Crippen LogP contribution in [-0.4, -0.2) is 49.8 Å². The minimum absolute atomic E-state index is 0.532. The number of aromatic amines is 1. The molecule has 112 valence electrons. The molecule has 8 nitrogen and oxygen atoms in total. The fraction of sp³-hybridized carbons (Fsp3) is 0.636. The van der Waals surface area contributed by atoms with Crippen molar-refractivity contribution in [1.29, 1.82) is 0 Å². The molecular weight excluding hydrogens is 275 g/mol. The normalized spacial score (nSPS) is 34.1. The Kier molecular flexibility index (Phi) is 4.04.